The van der Waals surface area contributed by atoms with E-state index in [0.717, 1.165) is 32.1 Å². The zero-order valence-electron chi connectivity index (χ0n) is 18.6. The lowest BCUT2D eigenvalue weighted by molar-refractivity contribution is -0.117. The molecule has 0 aromatic carbocycles. The fourth-order valence-corrected chi connectivity index (χ4v) is 2.51. The summed E-state index contributed by atoms with van der Waals surface area (Å²) in [6.07, 6.45) is 31.7. The topological polar surface area (TPSA) is 49.3 Å². The standard InChI is InChI=1S/C26H41NO2/c1-4-6-8-10-11-12-13-14-15-16-17-18-19-20-22-25(28)27-24-26(3,29)23-21-9-7-5-2/h6,8,10-13,16-20,22,29H,4-5,7,9,14-15,21,23-24H2,1-3H3,(H,27,28). The summed E-state index contributed by atoms with van der Waals surface area (Å²) in [6.45, 7) is 6.35. The summed E-state index contributed by atoms with van der Waals surface area (Å²) in [7, 11) is 0. The molecule has 0 bridgehead atoms. The summed E-state index contributed by atoms with van der Waals surface area (Å²) < 4.78 is 0. The maximum Gasteiger partial charge on any atom is 0.244 e. The van der Waals surface area contributed by atoms with Crippen molar-refractivity contribution in [1.29, 1.82) is 0 Å². The smallest absolute Gasteiger partial charge is 0.244 e. The Morgan fingerprint density at radius 2 is 1.41 bits per heavy atom. The Morgan fingerprint density at radius 3 is 2.00 bits per heavy atom. The molecule has 0 aromatic heterocycles. The van der Waals surface area contributed by atoms with Crippen LogP contribution in [-0.4, -0.2) is 23.2 Å². The number of hydrogen-bond acceptors (Lipinski definition) is 2. The molecule has 0 saturated heterocycles. The monoisotopic (exact) mass is 399 g/mol. The molecule has 162 valence electrons. The average molecular weight is 400 g/mol. The maximum atomic E-state index is 11.8. The van der Waals surface area contributed by atoms with Crippen molar-refractivity contribution < 1.29 is 9.90 Å². The third kappa shape index (κ3) is 20.4. The molecule has 1 atom stereocenters. The van der Waals surface area contributed by atoms with Crippen molar-refractivity contribution >= 4 is 5.91 Å². The quantitative estimate of drug-likeness (QED) is 0.180. The Balaban J connectivity index is 3.90. The molecule has 0 spiro atoms. The van der Waals surface area contributed by atoms with Gasteiger partial charge in [-0.05, 0) is 32.6 Å². The number of carbonyl (C=O) groups excluding carboxylic acids is 1. The fourth-order valence-electron chi connectivity index (χ4n) is 2.51. The van der Waals surface area contributed by atoms with Gasteiger partial charge in [-0.3, -0.25) is 4.79 Å². The van der Waals surface area contributed by atoms with E-state index in [1.54, 1.807) is 13.0 Å². The van der Waals surface area contributed by atoms with Crippen LogP contribution in [0.1, 0.15) is 72.1 Å². The highest BCUT2D eigenvalue weighted by molar-refractivity contribution is 5.87. The molecule has 29 heavy (non-hydrogen) atoms. The number of rotatable bonds is 16. The molecule has 0 rings (SSSR count). The minimum atomic E-state index is -0.841. The summed E-state index contributed by atoms with van der Waals surface area (Å²) >= 11 is 0. The van der Waals surface area contributed by atoms with Crippen LogP contribution in [-0.2, 0) is 4.79 Å². The number of allylic oxidation sites excluding steroid dienone is 11. The molecular formula is C26H41NO2. The first kappa shape index (κ1) is 26.9. The minimum absolute atomic E-state index is 0.181. The van der Waals surface area contributed by atoms with Crippen molar-refractivity contribution in [3.05, 3.63) is 72.9 Å². The molecule has 0 aromatic rings. The van der Waals surface area contributed by atoms with Crippen LogP contribution in [0.25, 0.3) is 0 Å². The number of unbranched alkanes of at least 4 members (excludes halogenated alkanes) is 4. The Hall–Kier alpha value is -2.13. The van der Waals surface area contributed by atoms with E-state index in [-0.39, 0.29) is 12.5 Å². The Morgan fingerprint density at radius 1 is 0.828 bits per heavy atom. The lowest BCUT2D eigenvalue weighted by atomic mass is 9.98. The van der Waals surface area contributed by atoms with Gasteiger partial charge in [0.25, 0.3) is 0 Å². The summed E-state index contributed by atoms with van der Waals surface area (Å²) in [5.41, 5.74) is -0.841. The van der Waals surface area contributed by atoms with Gasteiger partial charge in [-0.2, -0.15) is 0 Å². The molecule has 3 nitrogen and oxygen atoms in total. The van der Waals surface area contributed by atoms with Crippen molar-refractivity contribution in [2.24, 2.45) is 0 Å². The third-order valence-corrected chi connectivity index (χ3v) is 4.27. The second-order valence-corrected chi connectivity index (χ2v) is 7.42. The van der Waals surface area contributed by atoms with Crippen molar-refractivity contribution in [3.8, 4) is 0 Å². The van der Waals surface area contributed by atoms with Gasteiger partial charge in [0.05, 0.1) is 5.60 Å². The highest BCUT2D eigenvalue weighted by Crippen LogP contribution is 2.14. The number of hydrogen-bond donors (Lipinski definition) is 2. The first-order chi connectivity index (χ1) is 14.0. The SMILES string of the molecule is CCC=CC=CC=CCCC=CC=CC=CC(=O)NCC(C)(O)CCCCCC. The second kappa shape index (κ2) is 19.2. The molecule has 0 saturated carbocycles. The van der Waals surface area contributed by atoms with E-state index in [1.807, 2.05) is 30.4 Å². The molecule has 0 fully saturated rings. The van der Waals surface area contributed by atoms with E-state index >= 15 is 0 Å². The van der Waals surface area contributed by atoms with Gasteiger partial charge in [-0.25, -0.2) is 0 Å². The first-order valence-corrected chi connectivity index (χ1v) is 11.0. The van der Waals surface area contributed by atoms with Gasteiger partial charge < -0.3 is 10.4 Å². The Kier molecular flexibility index (Phi) is 17.8. The normalized spacial score (nSPS) is 15.0. The first-order valence-electron chi connectivity index (χ1n) is 11.0. The summed E-state index contributed by atoms with van der Waals surface area (Å²) in [5.74, 6) is -0.181. The van der Waals surface area contributed by atoms with Gasteiger partial charge >= 0.3 is 0 Å². The van der Waals surface area contributed by atoms with E-state index in [2.05, 4.69) is 49.5 Å². The van der Waals surface area contributed by atoms with Crippen molar-refractivity contribution in [2.45, 2.75) is 77.7 Å². The molecule has 1 unspecified atom stereocenters. The summed E-state index contributed by atoms with van der Waals surface area (Å²) in [5, 5.41) is 13.0. The van der Waals surface area contributed by atoms with Gasteiger partial charge in [0.2, 0.25) is 5.91 Å². The molecular weight excluding hydrogens is 358 g/mol. The van der Waals surface area contributed by atoms with Crippen LogP contribution < -0.4 is 5.32 Å². The second-order valence-electron chi connectivity index (χ2n) is 7.42. The average Bonchev–Trinajstić information content (AvgIpc) is 2.70. The lowest BCUT2D eigenvalue weighted by Gasteiger charge is -2.23. The minimum Gasteiger partial charge on any atom is -0.388 e. The molecule has 2 N–H and O–H groups in total. The van der Waals surface area contributed by atoms with Crippen molar-refractivity contribution in [2.75, 3.05) is 6.54 Å². The Bertz CT molecular complexity index is 578. The number of nitrogens with one attached hydrogen (secondary N) is 1. The molecule has 3 heteroatoms. The number of amides is 1. The summed E-state index contributed by atoms with van der Waals surface area (Å²) in [4.78, 5) is 11.8. The lowest BCUT2D eigenvalue weighted by Crippen LogP contribution is -2.40. The highest BCUT2D eigenvalue weighted by atomic mass is 16.3. The van der Waals surface area contributed by atoms with E-state index < -0.39 is 5.60 Å². The van der Waals surface area contributed by atoms with E-state index in [4.69, 9.17) is 0 Å². The molecule has 0 heterocycles. The highest BCUT2D eigenvalue weighted by Gasteiger charge is 2.19. The van der Waals surface area contributed by atoms with Crippen LogP contribution in [0.5, 0.6) is 0 Å². The fraction of sp³-hybridized carbons (Fsp3) is 0.500. The molecule has 0 aliphatic rings. The zero-order valence-corrected chi connectivity index (χ0v) is 18.6. The largest absolute Gasteiger partial charge is 0.388 e. The molecule has 0 aliphatic carbocycles. The van der Waals surface area contributed by atoms with E-state index in [1.165, 1.54) is 18.9 Å². The Labute approximate surface area is 178 Å². The van der Waals surface area contributed by atoms with Crippen LogP contribution in [0.15, 0.2) is 72.9 Å². The molecule has 0 aliphatic heterocycles. The van der Waals surface area contributed by atoms with Crippen LogP contribution in [0.4, 0.5) is 0 Å². The predicted octanol–water partition coefficient (Wildman–Crippen LogP) is 6.35. The van der Waals surface area contributed by atoms with Crippen molar-refractivity contribution in [3.63, 3.8) is 0 Å². The molecule has 0 radical (unpaired) electrons. The molecule has 1 amide bonds. The van der Waals surface area contributed by atoms with Gasteiger partial charge in [0.1, 0.15) is 0 Å². The third-order valence-electron chi connectivity index (χ3n) is 4.27. The van der Waals surface area contributed by atoms with Gasteiger partial charge in [-0.1, -0.05) is 106 Å². The predicted molar refractivity (Wildman–Crippen MR) is 127 cm³/mol. The summed E-state index contributed by atoms with van der Waals surface area (Å²) in [6, 6.07) is 0. The van der Waals surface area contributed by atoms with Gasteiger partial charge in [0, 0.05) is 12.6 Å². The van der Waals surface area contributed by atoms with Crippen molar-refractivity contribution in [1.82, 2.24) is 5.32 Å². The number of carbonyl (C=O) groups is 1. The van der Waals surface area contributed by atoms with Gasteiger partial charge in [-0.15, -0.1) is 0 Å². The van der Waals surface area contributed by atoms with E-state index in [0.29, 0.717) is 6.42 Å². The van der Waals surface area contributed by atoms with Gasteiger partial charge in [0.15, 0.2) is 0 Å². The van der Waals surface area contributed by atoms with Crippen LogP contribution in [0.3, 0.4) is 0 Å². The maximum absolute atomic E-state index is 11.8. The van der Waals surface area contributed by atoms with Crippen LogP contribution >= 0.6 is 0 Å². The van der Waals surface area contributed by atoms with Crippen LogP contribution in [0.2, 0.25) is 0 Å². The zero-order chi connectivity index (χ0) is 21.6. The van der Waals surface area contributed by atoms with Crippen LogP contribution in [0, 0.1) is 0 Å². The number of aliphatic hydroxyl groups is 1. The van der Waals surface area contributed by atoms with E-state index in [9.17, 15) is 9.90 Å².